The number of nitrogens with one attached hydrogen (secondary N) is 1. The van der Waals surface area contributed by atoms with Crippen molar-refractivity contribution in [3.8, 4) is 0 Å². The first-order chi connectivity index (χ1) is 10.5. The molecule has 0 bridgehead atoms. The number of rotatable bonds is 4. The maximum absolute atomic E-state index is 12.4. The molecule has 1 fully saturated rings. The van der Waals surface area contributed by atoms with Gasteiger partial charge in [0.1, 0.15) is 0 Å². The molecule has 1 aliphatic rings. The zero-order valence-corrected chi connectivity index (χ0v) is 14.4. The van der Waals surface area contributed by atoms with Gasteiger partial charge in [-0.3, -0.25) is 9.59 Å². The van der Waals surface area contributed by atoms with Gasteiger partial charge in [-0.15, -0.1) is 0 Å². The Kier molecular flexibility index (Phi) is 5.77. The second-order valence-electron chi connectivity index (χ2n) is 5.46. The number of carbonyl (C=O) groups is 2. The highest BCUT2D eigenvalue weighted by Gasteiger charge is 2.26. The SMILES string of the molecule is C=CC(=O)N1CCC(C(=O)Nc2ccc(CC)cc2Br)CC1. The van der Waals surface area contributed by atoms with Gasteiger partial charge in [-0.1, -0.05) is 19.6 Å². The van der Waals surface area contributed by atoms with E-state index < -0.39 is 0 Å². The van der Waals surface area contributed by atoms with E-state index in [-0.39, 0.29) is 17.7 Å². The largest absolute Gasteiger partial charge is 0.339 e. The van der Waals surface area contributed by atoms with Gasteiger partial charge in [0.25, 0.3) is 0 Å². The molecule has 2 rings (SSSR count). The van der Waals surface area contributed by atoms with Crippen LogP contribution in [-0.2, 0) is 16.0 Å². The molecule has 0 aliphatic carbocycles. The smallest absolute Gasteiger partial charge is 0.245 e. The molecule has 0 radical (unpaired) electrons. The number of likely N-dealkylation sites (tertiary alicyclic amines) is 1. The summed E-state index contributed by atoms with van der Waals surface area (Å²) in [7, 11) is 0. The Morgan fingerprint density at radius 3 is 2.64 bits per heavy atom. The molecule has 4 nitrogen and oxygen atoms in total. The predicted octanol–water partition coefficient (Wildman–Crippen LogP) is 3.37. The van der Waals surface area contributed by atoms with Crippen molar-refractivity contribution >= 4 is 33.4 Å². The molecule has 22 heavy (non-hydrogen) atoms. The van der Waals surface area contributed by atoms with E-state index >= 15 is 0 Å². The zero-order valence-electron chi connectivity index (χ0n) is 12.8. The molecule has 2 amide bonds. The van der Waals surface area contributed by atoms with Crippen LogP contribution in [0.15, 0.2) is 35.3 Å². The normalized spacial score (nSPS) is 15.5. The van der Waals surface area contributed by atoms with Crippen LogP contribution in [0.2, 0.25) is 0 Å². The second kappa shape index (κ2) is 7.58. The number of amides is 2. The Morgan fingerprint density at radius 2 is 2.09 bits per heavy atom. The third kappa shape index (κ3) is 3.97. The summed E-state index contributed by atoms with van der Waals surface area (Å²) in [6.07, 6.45) is 3.67. The Morgan fingerprint density at radius 1 is 1.41 bits per heavy atom. The standard InChI is InChI=1S/C17H21BrN2O2/c1-3-12-5-6-15(14(18)11-12)19-17(22)13-7-9-20(10-8-13)16(21)4-2/h4-6,11,13H,2-3,7-10H2,1H3,(H,19,22). The van der Waals surface area contributed by atoms with E-state index in [1.54, 1.807) is 4.90 Å². The third-order valence-corrected chi connectivity index (χ3v) is 4.71. The summed E-state index contributed by atoms with van der Waals surface area (Å²) >= 11 is 3.50. The van der Waals surface area contributed by atoms with Gasteiger partial charge in [0.2, 0.25) is 11.8 Å². The van der Waals surface area contributed by atoms with Crippen LogP contribution in [-0.4, -0.2) is 29.8 Å². The summed E-state index contributed by atoms with van der Waals surface area (Å²) in [6, 6.07) is 5.98. The van der Waals surface area contributed by atoms with E-state index in [1.165, 1.54) is 11.6 Å². The summed E-state index contributed by atoms with van der Waals surface area (Å²) in [6.45, 7) is 6.81. The molecule has 0 atom stereocenters. The minimum Gasteiger partial charge on any atom is -0.339 e. The molecule has 0 unspecified atom stereocenters. The lowest BCUT2D eigenvalue weighted by Crippen LogP contribution is -2.40. The summed E-state index contributed by atoms with van der Waals surface area (Å²) in [4.78, 5) is 25.6. The fourth-order valence-electron chi connectivity index (χ4n) is 2.61. The molecule has 1 aliphatic heterocycles. The van der Waals surface area contributed by atoms with Gasteiger partial charge in [-0.2, -0.15) is 0 Å². The molecule has 118 valence electrons. The summed E-state index contributed by atoms with van der Waals surface area (Å²) in [5, 5.41) is 2.98. The Labute approximate surface area is 139 Å². The molecule has 0 aromatic heterocycles. The van der Waals surface area contributed by atoms with Gasteiger partial charge in [0, 0.05) is 23.5 Å². The molecular weight excluding hydrogens is 344 g/mol. The lowest BCUT2D eigenvalue weighted by molar-refractivity contribution is -0.130. The van der Waals surface area contributed by atoms with Gasteiger partial charge >= 0.3 is 0 Å². The number of carbonyl (C=O) groups excluding carboxylic acids is 2. The van der Waals surface area contributed by atoms with Crippen molar-refractivity contribution in [2.24, 2.45) is 5.92 Å². The first-order valence-electron chi connectivity index (χ1n) is 7.55. The van der Waals surface area contributed by atoms with Crippen LogP contribution in [0.3, 0.4) is 0 Å². The molecule has 5 heteroatoms. The first kappa shape index (κ1) is 16.7. The van der Waals surface area contributed by atoms with Crippen molar-refractivity contribution < 1.29 is 9.59 Å². The Bertz CT molecular complexity index is 578. The monoisotopic (exact) mass is 364 g/mol. The van der Waals surface area contributed by atoms with Crippen LogP contribution < -0.4 is 5.32 Å². The fourth-order valence-corrected chi connectivity index (χ4v) is 3.13. The van der Waals surface area contributed by atoms with E-state index in [0.29, 0.717) is 25.9 Å². The van der Waals surface area contributed by atoms with Crippen molar-refractivity contribution in [3.05, 3.63) is 40.9 Å². The molecule has 1 aromatic rings. The number of benzene rings is 1. The van der Waals surface area contributed by atoms with E-state index in [1.807, 2.05) is 18.2 Å². The van der Waals surface area contributed by atoms with Crippen molar-refractivity contribution in [2.45, 2.75) is 26.2 Å². The topological polar surface area (TPSA) is 49.4 Å². The van der Waals surface area contributed by atoms with Crippen LogP contribution in [0.4, 0.5) is 5.69 Å². The van der Waals surface area contributed by atoms with Gasteiger partial charge in [-0.05, 0) is 59.0 Å². The van der Waals surface area contributed by atoms with E-state index in [4.69, 9.17) is 0 Å². The maximum Gasteiger partial charge on any atom is 0.245 e. The van der Waals surface area contributed by atoms with Crippen LogP contribution in [0.5, 0.6) is 0 Å². The number of anilines is 1. The molecular formula is C17H21BrN2O2. The number of halogens is 1. The lowest BCUT2D eigenvalue weighted by atomic mass is 9.95. The van der Waals surface area contributed by atoms with Gasteiger partial charge in [0.05, 0.1) is 5.69 Å². The summed E-state index contributed by atoms with van der Waals surface area (Å²) in [5.74, 6) is -0.0842. The zero-order chi connectivity index (χ0) is 16.1. The summed E-state index contributed by atoms with van der Waals surface area (Å²) < 4.78 is 0.902. The highest BCUT2D eigenvalue weighted by Crippen LogP contribution is 2.26. The first-order valence-corrected chi connectivity index (χ1v) is 8.35. The molecule has 1 heterocycles. The van der Waals surface area contributed by atoms with E-state index in [9.17, 15) is 9.59 Å². The lowest BCUT2D eigenvalue weighted by Gasteiger charge is -2.30. The van der Waals surface area contributed by atoms with Crippen molar-refractivity contribution in [2.75, 3.05) is 18.4 Å². The van der Waals surface area contributed by atoms with Crippen molar-refractivity contribution in [3.63, 3.8) is 0 Å². The van der Waals surface area contributed by atoms with Gasteiger partial charge in [0.15, 0.2) is 0 Å². The van der Waals surface area contributed by atoms with Gasteiger partial charge in [-0.25, -0.2) is 0 Å². The summed E-state index contributed by atoms with van der Waals surface area (Å²) in [5.41, 5.74) is 2.02. The Hall–Kier alpha value is -1.62. The third-order valence-electron chi connectivity index (χ3n) is 4.05. The molecule has 0 spiro atoms. The number of nitrogens with zero attached hydrogens (tertiary/aromatic N) is 1. The molecule has 1 aromatic carbocycles. The van der Waals surface area contributed by atoms with Crippen molar-refractivity contribution in [1.29, 1.82) is 0 Å². The van der Waals surface area contributed by atoms with Crippen LogP contribution >= 0.6 is 15.9 Å². The van der Waals surface area contributed by atoms with E-state index in [0.717, 1.165) is 16.6 Å². The highest BCUT2D eigenvalue weighted by molar-refractivity contribution is 9.10. The van der Waals surface area contributed by atoms with Gasteiger partial charge < -0.3 is 10.2 Å². The molecule has 1 N–H and O–H groups in total. The average Bonchev–Trinajstić information content (AvgIpc) is 2.56. The minimum absolute atomic E-state index is 0.0238. The van der Waals surface area contributed by atoms with E-state index in [2.05, 4.69) is 34.7 Å². The van der Waals surface area contributed by atoms with Crippen molar-refractivity contribution in [1.82, 2.24) is 4.90 Å². The number of piperidine rings is 1. The molecule has 1 saturated heterocycles. The van der Waals surface area contributed by atoms with Crippen LogP contribution in [0.1, 0.15) is 25.3 Å². The minimum atomic E-state index is -0.0586. The van der Waals surface area contributed by atoms with Crippen LogP contribution in [0.25, 0.3) is 0 Å². The highest BCUT2D eigenvalue weighted by atomic mass is 79.9. The maximum atomic E-state index is 12.4. The predicted molar refractivity (Wildman–Crippen MR) is 91.7 cm³/mol. The second-order valence-corrected chi connectivity index (χ2v) is 6.32. The average molecular weight is 365 g/mol. The number of hydrogen-bond acceptors (Lipinski definition) is 2. The number of aryl methyl sites for hydroxylation is 1. The molecule has 0 saturated carbocycles. The Balaban J connectivity index is 1.93. The van der Waals surface area contributed by atoms with Crippen LogP contribution in [0, 0.1) is 5.92 Å². The quantitative estimate of drug-likeness (QED) is 0.832. The number of hydrogen-bond donors (Lipinski definition) is 1. The fraction of sp³-hybridized carbons (Fsp3) is 0.412.